The van der Waals surface area contributed by atoms with Gasteiger partial charge in [-0.25, -0.2) is 4.68 Å². The van der Waals surface area contributed by atoms with Gasteiger partial charge in [-0.3, -0.25) is 0 Å². The molecule has 0 radical (unpaired) electrons. The van der Waals surface area contributed by atoms with Gasteiger partial charge in [-0.05, 0) is 34.1 Å². The SMILES string of the molecule is NC(=S)c1c(Br)cccc1-n1cccn1. The molecule has 2 rings (SSSR count). The lowest BCUT2D eigenvalue weighted by Gasteiger charge is -2.09. The Kier molecular flexibility index (Phi) is 2.83. The number of nitrogens with two attached hydrogens (primary N) is 1. The van der Waals surface area contributed by atoms with E-state index in [9.17, 15) is 0 Å². The van der Waals surface area contributed by atoms with Gasteiger partial charge in [0.2, 0.25) is 0 Å². The van der Waals surface area contributed by atoms with Crippen LogP contribution in [0, 0.1) is 0 Å². The van der Waals surface area contributed by atoms with E-state index in [0.29, 0.717) is 4.99 Å². The minimum atomic E-state index is 0.355. The highest BCUT2D eigenvalue weighted by Gasteiger charge is 2.10. The molecule has 0 amide bonds. The summed E-state index contributed by atoms with van der Waals surface area (Å²) in [7, 11) is 0. The predicted molar refractivity (Wildman–Crippen MR) is 67.2 cm³/mol. The average molecular weight is 282 g/mol. The second-order valence-corrected chi connectivity index (χ2v) is 4.24. The maximum atomic E-state index is 5.68. The summed E-state index contributed by atoms with van der Waals surface area (Å²) in [6.45, 7) is 0. The second kappa shape index (κ2) is 4.12. The Labute approximate surface area is 101 Å². The van der Waals surface area contributed by atoms with Crippen LogP contribution in [0.1, 0.15) is 5.56 Å². The van der Waals surface area contributed by atoms with Gasteiger partial charge in [-0.15, -0.1) is 0 Å². The fourth-order valence-electron chi connectivity index (χ4n) is 1.36. The maximum Gasteiger partial charge on any atom is 0.107 e. The zero-order chi connectivity index (χ0) is 10.8. The van der Waals surface area contributed by atoms with E-state index in [4.69, 9.17) is 18.0 Å². The van der Waals surface area contributed by atoms with E-state index >= 15 is 0 Å². The zero-order valence-electron chi connectivity index (χ0n) is 7.72. The van der Waals surface area contributed by atoms with Crippen LogP contribution in [0.3, 0.4) is 0 Å². The Morgan fingerprint density at radius 1 is 1.40 bits per heavy atom. The van der Waals surface area contributed by atoms with Crippen LogP contribution in [0.4, 0.5) is 0 Å². The van der Waals surface area contributed by atoms with Crippen LogP contribution in [0.5, 0.6) is 0 Å². The highest BCUT2D eigenvalue weighted by molar-refractivity contribution is 9.10. The van der Waals surface area contributed by atoms with Crippen LogP contribution in [-0.2, 0) is 0 Å². The third-order valence-electron chi connectivity index (χ3n) is 1.99. The first-order valence-electron chi connectivity index (χ1n) is 4.28. The minimum Gasteiger partial charge on any atom is -0.389 e. The number of hydrogen-bond donors (Lipinski definition) is 1. The van der Waals surface area contributed by atoms with E-state index in [0.717, 1.165) is 15.7 Å². The van der Waals surface area contributed by atoms with Gasteiger partial charge in [0, 0.05) is 22.4 Å². The van der Waals surface area contributed by atoms with Crippen molar-refractivity contribution in [2.45, 2.75) is 0 Å². The molecule has 1 heterocycles. The molecule has 3 nitrogen and oxygen atoms in total. The van der Waals surface area contributed by atoms with Crippen molar-refractivity contribution in [3.8, 4) is 5.69 Å². The van der Waals surface area contributed by atoms with Crippen molar-refractivity contribution in [3.63, 3.8) is 0 Å². The standard InChI is InChI=1S/C10H8BrN3S/c11-7-3-1-4-8(9(7)10(12)15)14-6-2-5-13-14/h1-6H,(H2,12,15). The minimum absolute atomic E-state index is 0.355. The van der Waals surface area contributed by atoms with Gasteiger partial charge in [0.05, 0.1) is 5.69 Å². The van der Waals surface area contributed by atoms with Gasteiger partial charge < -0.3 is 5.73 Å². The fourth-order valence-corrected chi connectivity index (χ4v) is 2.27. The summed E-state index contributed by atoms with van der Waals surface area (Å²) in [4.78, 5) is 0.355. The predicted octanol–water partition coefficient (Wildman–Crippen LogP) is 2.27. The zero-order valence-corrected chi connectivity index (χ0v) is 10.1. The average Bonchev–Trinajstić information content (AvgIpc) is 2.69. The van der Waals surface area contributed by atoms with Crippen LogP contribution in [0.25, 0.3) is 5.69 Å². The summed E-state index contributed by atoms with van der Waals surface area (Å²) in [6, 6.07) is 7.60. The van der Waals surface area contributed by atoms with Gasteiger partial charge in [0.25, 0.3) is 0 Å². The number of halogens is 1. The normalized spacial score (nSPS) is 10.2. The molecule has 0 atom stereocenters. The molecule has 2 N–H and O–H groups in total. The van der Waals surface area contributed by atoms with Crippen LogP contribution in [0.15, 0.2) is 41.1 Å². The summed E-state index contributed by atoms with van der Waals surface area (Å²) in [5.41, 5.74) is 7.36. The van der Waals surface area contributed by atoms with E-state index < -0.39 is 0 Å². The largest absolute Gasteiger partial charge is 0.389 e. The van der Waals surface area contributed by atoms with Crippen molar-refractivity contribution in [2.75, 3.05) is 0 Å². The molecule has 5 heteroatoms. The van der Waals surface area contributed by atoms with Crippen LogP contribution < -0.4 is 5.73 Å². The number of rotatable bonds is 2. The molecule has 0 saturated carbocycles. The van der Waals surface area contributed by atoms with Gasteiger partial charge in [-0.2, -0.15) is 5.10 Å². The lowest BCUT2D eigenvalue weighted by atomic mass is 10.2. The molecule has 0 aliphatic carbocycles. The summed E-state index contributed by atoms with van der Waals surface area (Å²) < 4.78 is 2.61. The molecule has 15 heavy (non-hydrogen) atoms. The van der Waals surface area contributed by atoms with Crippen molar-refractivity contribution < 1.29 is 0 Å². The Morgan fingerprint density at radius 3 is 2.80 bits per heavy atom. The molecule has 2 aromatic rings. The highest BCUT2D eigenvalue weighted by atomic mass is 79.9. The van der Waals surface area contributed by atoms with Gasteiger partial charge in [-0.1, -0.05) is 18.3 Å². The lowest BCUT2D eigenvalue weighted by molar-refractivity contribution is 0.878. The molecule has 0 fully saturated rings. The van der Waals surface area contributed by atoms with E-state index in [2.05, 4.69) is 21.0 Å². The number of aromatic nitrogens is 2. The third kappa shape index (κ3) is 1.93. The van der Waals surface area contributed by atoms with Crippen molar-refractivity contribution >= 4 is 33.1 Å². The number of benzene rings is 1. The summed E-state index contributed by atoms with van der Waals surface area (Å²) >= 11 is 8.44. The van der Waals surface area contributed by atoms with E-state index in [1.54, 1.807) is 10.9 Å². The molecule has 0 aliphatic heterocycles. The second-order valence-electron chi connectivity index (χ2n) is 2.95. The summed E-state index contributed by atoms with van der Waals surface area (Å²) in [5, 5.41) is 4.15. The molecule has 76 valence electrons. The van der Waals surface area contributed by atoms with Crippen molar-refractivity contribution in [2.24, 2.45) is 5.73 Å². The molecule has 0 saturated heterocycles. The molecular weight excluding hydrogens is 274 g/mol. The van der Waals surface area contributed by atoms with Gasteiger partial charge in [0.15, 0.2) is 0 Å². The van der Waals surface area contributed by atoms with Crippen molar-refractivity contribution in [1.82, 2.24) is 9.78 Å². The molecule has 0 bridgehead atoms. The maximum absolute atomic E-state index is 5.68. The molecule has 0 spiro atoms. The molecule has 1 aromatic heterocycles. The molecule has 0 unspecified atom stereocenters. The van der Waals surface area contributed by atoms with Gasteiger partial charge >= 0.3 is 0 Å². The van der Waals surface area contributed by atoms with Crippen LogP contribution >= 0.6 is 28.1 Å². The Bertz CT molecular complexity index is 493. The Balaban J connectivity index is 2.66. The monoisotopic (exact) mass is 281 g/mol. The Morgan fingerprint density at radius 2 is 2.20 bits per heavy atom. The number of nitrogens with zero attached hydrogens (tertiary/aromatic N) is 2. The first kappa shape index (κ1) is 10.3. The molecular formula is C10H8BrN3S. The van der Waals surface area contributed by atoms with E-state index in [1.165, 1.54) is 0 Å². The Hall–Kier alpha value is -1.20. The molecule has 0 aliphatic rings. The first-order chi connectivity index (χ1) is 7.20. The smallest absolute Gasteiger partial charge is 0.107 e. The third-order valence-corrected chi connectivity index (χ3v) is 2.85. The van der Waals surface area contributed by atoms with E-state index in [1.807, 2.05) is 30.5 Å². The summed E-state index contributed by atoms with van der Waals surface area (Å²) in [5.74, 6) is 0. The van der Waals surface area contributed by atoms with Crippen molar-refractivity contribution in [1.29, 1.82) is 0 Å². The topological polar surface area (TPSA) is 43.8 Å². The molecule has 1 aromatic carbocycles. The number of thiocarbonyl (C=S) groups is 1. The summed E-state index contributed by atoms with van der Waals surface area (Å²) in [6.07, 6.45) is 3.56. The van der Waals surface area contributed by atoms with E-state index in [-0.39, 0.29) is 0 Å². The highest BCUT2D eigenvalue weighted by Crippen LogP contribution is 2.23. The van der Waals surface area contributed by atoms with Crippen LogP contribution in [0.2, 0.25) is 0 Å². The fraction of sp³-hybridized carbons (Fsp3) is 0. The van der Waals surface area contributed by atoms with Crippen molar-refractivity contribution in [3.05, 3.63) is 46.7 Å². The van der Waals surface area contributed by atoms with Crippen LogP contribution in [-0.4, -0.2) is 14.8 Å². The first-order valence-corrected chi connectivity index (χ1v) is 5.48. The lowest BCUT2D eigenvalue weighted by Crippen LogP contribution is -2.14. The van der Waals surface area contributed by atoms with Gasteiger partial charge in [0.1, 0.15) is 4.99 Å². The number of hydrogen-bond acceptors (Lipinski definition) is 2. The quantitative estimate of drug-likeness (QED) is 0.859.